The van der Waals surface area contributed by atoms with Gasteiger partial charge in [-0.05, 0) is 147 Å². The van der Waals surface area contributed by atoms with Crippen LogP contribution in [-0.2, 0) is 0 Å². The zero-order chi connectivity index (χ0) is 58.5. The Kier molecular flexibility index (Phi) is 12.8. The van der Waals surface area contributed by atoms with Gasteiger partial charge in [0.05, 0.1) is 45.1 Å². The molecule has 6 nitrogen and oxygen atoms in total. The van der Waals surface area contributed by atoms with Crippen molar-refractivity contribution in [1.82, 2.24) is 24.1 Å². The maximum Gasteiger partial charge on any atom is 0.164 e. The molecule has 0 atom stereocenters. The van der Waals surface area contributed by atoms with Gasteiger partial charge in [-0.3, -0.25) is 0 Å². The molecule has 0 fully saturated rings. The lowest BCUT2D eigenvalue weighted by atomic mass is 9.94. The van der Waals surface area contributed by atoms with Crippen molar-refractivity contribution in [3.8, 4) is 118 Å². The second-order valence-electron chi connectivity index (χ2n) is 22.3. The van der Waals surface area contributed by atoms with Crippen molar-refractivity contribution in [2.75, 3.05) is 0 Å². The first-order chi connectivity index (χ1) is 43.6. The third kappa shape index (κ3) is 9.28. The van der Waals surface area contributed by atoms with Crippen molar-refractivity contribution in [1.29, 1.82) is 5.26 Å². The van der Waals surface area contributed by atoms with Gasteiger partial charge in [0.1, 0.15) is 0 Å². The van der Waals surface area contributed by atoms with Crippen LogP contribution in [0, 0.1) is 11.3 Å². The van der Waals surface area contributed by atoms with Gasteiger partial charge in [-0.15, -0.1) is 0 Å². The summed E-state index contributed by atoms with van der Waals surface area (Å²) in [6, 6.07) is 114. The second kappa shape index (κ2) is 21.9. The molecule has 13 aromatic carbocycles. The van der Waals surface area contributed by atoms with E-state index in [0.29, 0.717) is 23.0 Å². The average Bonchev–Trinajstić information content (AvgIpc) is 1.63. The van der Waals surface area contributed by atoms with E-state index in [-0.39, 0.29) is 0 Å². The molecule has 0 spiro atoms. The number of rotatable bonds is 11. The summed E-state index contributed by atoms with van der Waals surface area (Å²) in [4.78, 5) is 15.8. The number of benzene rings is 13. The highest BCUT2D eigenvalue weighted by molar-refractivity contribution is 6.14. The minimum atomic E-state index is 0.547. The smallest absolute Gasteiger partial charge is 0.164 e. The fourth-order valence-corrected chi connectivity index (χ4v) is 12.7. The molecule has 0 saturated carbocycles. The van der Waals surface area contributed by atoms with E-state index in [1.165, 1.54) is 0 Å². The van der Waals surface area contributed by atoms with Crippen molar-refractivity contribution in [3.05, 3.63) is 321 Å². The quantitative estimate of drug-likeness (QED) is 0.129. The van der Waals surface area contributed by atoms with Crippen molar-refractivity contribution in [2.24, 2.45) is 0 Å². The SMILES string of the molecule is N#Cc1ccc(-c2ccc(-n3c4ccc(-c5ccccc5)cc4c4cc(-c5ccccc5)ccc43)c(-c3cc(-c4nc(-c5ccccc5)nc(-c5ccccc5)n4)ccc3-n3c4ccc(-c5ccccc5)cc4c4cc(-c5ccccc5)ccc43)c2)cc1. The molecule has 3 heterocycles. The normalized spacial score (nSPS) is 11.4. The molecule has 0 saturated heterocycles. The van der Waals surface area contributed by atoms with Gasteiger partial charge in [-0.25, -0.2) is 15.0 Å². The third-order valence-electron chi connectivity index (χ3n) is 17.0. The Morgan fingerprint density at radius 2 is 0.477 bits per heavy atom. The van der Waals surface area contributed by atoms with E-state index >= 15 is 0 Å². The summed E-state index contributed by atoms with van der Waals surface area (Å²) in [5, 5.41) is 14.6. The fourth-order valence-electron chi connectivity index (χ4n) is 12.7. The minimum Gasteiger partial charge on any atom is -0.309 e. The monoisotopic (exact) mass is 1120 g/mol. The maximum absolute atomic E-state index is 10.0. The van der Waals surface area contributed by atoms with Gasteiger partial charge in [0.25, 0.3) is 0 Å². The van der Waals surface area contributed by atoms with Crippen LogP contribution >= 0.6 is 0 Å². The van der Waals surface area contributed by atoms with E-state index in [0.717, 1.165) is 138 Å². The lowest BCUT2D eigenvalue weighted by Crippen LogP contribution is -2.04. The summed E-state index contributed by atoms with van der Waals surface area (Å²) in [5.74, 6) is 1.71. The lowest BCUT2D eigenvalue weighted by Gasteiger charge is -2.21. The van der Waals surface area contributed by atoms with Crippen LogP contribution < -0.4 is 0 Å². The van der Waals surface area contributed by atoms with Crippen LogP contribution in [-0.4, -0.2) is 24.1 Å². The van der Waals surface area contributed by atoms with Gasteiger partial charge in [0.15, 0.2) is 17.5 Å². The molecular weight excluding hydrogens is 1070 g/mol. The summed E-state index contributed by atoms with van der Waals surface area (Å²) < 4.78 is 4.91. The van der Waals surface area contributed by atoms with Crippen LogP contribution in [0.2, 0.25) is 0 Å². The zero-order valence-electron chi connectivity index (χ0n) is 47.7. The number of aromatic nitrogens is 5. The number of fused-ring (bicyclic) bond motifs is 6. The Morgan fingerprint density at radius 1 is 0.227 bits per heavy atom. The summed E-state index contributed by atoms with van der Waals surface area (Å²) in [7, 11) is 0. The third-order valence-corrected chi connectivity index (χ3v) is 17.0. The summed E-state index contributed by atoms with van der Waals surface area (Å²) in [5.41, 5.74) is 22.5. The first kappa shape index (κ1) is 51.6. The van der Waals surface area contributed by atoms with Crippen LogP contribution in [0.15, 0.2) is 315 Å². The Labute approximate surface area is 509 Å². The van der Waals surface area contributed by atoms with Gasteiger partial charge in [0, 0.05) is 49.4 Å². The Bertz CT molecular complexity index is 5090. The molecule has 16 rings (SSSR count). The van der Waals surface area contributed by atoms with Gasteiger partial charge in [-0.1, -0.05) is 224 Å². The van der Waals surface area contributed by atoms with E-state index in [2.05, 4.69) is 270 Å². The molecule has 0 radical (unpaired) electrons. The average molecular weight is 1120 g/mol. The van der Waals surface area contributed by atoms with Crippen LogP contribution in [0.1, 0.15) is 5.56 Å². The predicted molar refractivity (Wildman–Crippen MR) is 362 cm³/mol. The molecule has 88 heavy (non-hydrogen) atoms. The molecule has 0 aliphatic carbocycles. The topological polar surface area (TPSA) is 72.3 Å². The van der Waals surface area contributed by atoms with Crippen molar-refractivity contribution < 1.29 is 0 Å². The van der Waals surface area contributed by atoms with Crippen molar-refractivity contribution in [2.45, 2.75) is 0 Å². The number of nitrogens with zero attached hydrogens (tertiary/aromatic N) is 6. The fraction of sp³-hybridized carbons (Fsp3) is 0. The molecule has 0 amide bonds. The molecule has 6 heteroatoms. The van der Waals surface area contributed by atoms with Crippen LogP contribution in [0.4, 0.5) is 0 Å². The molecule has 16 aromatic rings. The van der Waals surface area contributed by atoms with E-state index < -0.39 is 0 Å². The Hall–Kier alpha value is -12.0. The van der Waals surface area contributed by atoms with E-state index in [1.54, 1.807) is 0 Å². The predicted octanol–water partition coefficient (Wildman–Crippen LogP) is 20.9. The molecule has 0 N–H and O–H groups in total. The van der Waals surface area contributed by atoms with E-state index in [4.69, 9.17) is 15.0 Å². The van der Waals surface area contributed by atoms with Gasteiger partial charge >= 0.3 is 0 Å². The Balaban J connectivity index is 1.02. The second-order valence-corrected chi connectivity index (χ2v) is 22.3. The number of nitriles is 1. The molecule has 3 aromatic heterocycles. The first-order valence-corrected chi connectivity index (χ1v) is 29.6. The first-order valence-electron chi connectivity index (χ1n) is 29.6. The zero-order valence-corrected chi connectivity index (χ0v) is 47.7. The van der Waals surface area contributed by atoms with Gasteiger partial charge in [0.2, 0.25) is 0 Å². The minimum absolute atomic E-state index is 0.547. The van der Waals surface area contributed by atoms with E-state index in [9.17, 15) is 5.26 Å². The van der Waals surface area contributed by atoms with Crippen molar-refractivity contribution >= 4 is 43.6 Å². The van der Waals surface area contributed by atoms with Crippen LogP contribution in [0.5, 0.6) is 0 Å². The highest BCUT2D eigenvalue weighted by Crippen LogP contribution is 2.46. The maximum atomic E-state index is 10.0. The van der Waals surface area contributed by atoms with Gasteiger partial charge < -0.3 is 9.13 Å². The number of hydrogen-bond donors (Lipinski definition) is 0. The lowest BCUT2D eigenvalue weighted by molar-refractivity contribution is 1.07. The molecule has 410 valence electrons. The summed E-state index contributed by atoms with van der Waals surface area (Å²) >= 11 is 0. The number of hydrogen-bond acceptors (Lipinski definition) is 4. The highest BCUT2D eigenvalue weighted by atomic mass is 15.0. The van der Waals surface area contributed by atoms with Crippen LogP contribution in [0.25, 0.3) is 156 Å². The highest BCUT2D eigenvalue weighted by Gasteiger charge is 2.25. The summed E-state index contributed by atoms with van der Waals surface area (Å²) in [6.07, 6.45) is 0. The molecule has 0 bridgehead atoms. The summed E-state index contributed by atoms with van der Waals surface area (Å²) in [6.45, 7) is 0. The van der Waals surface area contributed by atoms with Crippen molar-refractivity contribution in [3.63, 3.8) is 0 Å². The van der Waals surface area contributed by atoms with Gasteiger partial charge in [-0.2, -0.15) is 5.26 Å². The van der Waals surface area contributed by atoms with E-state index in [1.807, 2.05) is 60.7 Å². The Morgan fingerprint density at radius 3 is 0.807 bits per heavy atom. The largest absolute Gasteiger partial charge is 0.309 e. The van der Waals surface area contributed by atoms with Crippen LogP contribution in [0.3, 0.4) is 0 Å². The standard InChI is InChI=1S/C82H52N6/c83-53-54-31-33-59(34-32-54)66-39-45-78(87-74-41-35-62(55-19-7-1-8-20-55)47-68(74)69-48-63(36-42-75(69)87)56-21-9-2-10-22-56)72(51-66)73-52-67(82-85-80(60-27-15-5-16-28-60)84-81(86-82)61-29-17-6-18-30-61)40-46-79(73)88-76-43-37-64(57-23-11-3-12-24-57)49-70(76)71-50-65(38-44-77(71)88)58-25-13-4-14-26-58/h1-52H. The molecule has 0 unspecified atom stereocenters. The molecule has 0 aliphatic rings. The molecule has 0 aliphatic heterocycles. The molecular formula is C82H52N6.